The zero-order chi connectivity index (χ0) is 17.3. The predicted octanol–water partition coefficient (Wildman–Crippen LogP) is 4.75. The van der Waals surface area contributed by atoms with Crippen molar-refractivity contribution >= 4 is 11.6 Å². The highest BCUT2D eigenvalue weighted by Crippen LogP contribution is 2.65. The Balaban J connectivity index is 1.75. The van der Waals surface area contributed by atoms with Crippen molar-refractivity contribution in [1.82, 2.24) is 0 Å². The molecule has 0 bridgehead atoms. The second kappa shape index (κ2) is 5.16. The largest absolute Gasteiger partial charge is 0.300 e. The summed E-state index contributed by atoms with van der Waals surface area (Å²) in [7, 11) is 0. The fourth-order valence-electron chi connectivity index (χ4n) is 7.04. The van der Waals surface area contributed by atoms with Crippen LogP contribution in [0.15, 0.2) is 23.8 Å². The summed E-state index contributed by atoms with van der Waals surface area (Å²) in [5.41, 5.74) is 1.57. The fourth-order valence-corrected chi connectivity index (χ4v) is 7.04. The standard InChI is InChI=1S/C22H30O2/c1-13-11-16(24)12-15-5-6-17-19-8-7-18(14(2)23)21(19,3)10-9-20(17)22(13,15)4/h5-6,12-13,17-20H,7-11H2,1-4H3/t13?,17-,18+,19-,20-,21+,22-/m0/s1. The van der Waals surface area contributed by atoms with Crippen molar-refractivity contribution in [1.29, 1.82) is 0 Å². The highest BCUT2D eigenvalue weighted by atomic mass is 16.1. The molecule has 130 valence electrons. The van der Waals surface area contributed by atoms with Gasteiger partial charge in [-0.2, -0.15) is 0 Å². The van der Waals surface area contributed by atoms with Crippen molar-refractivity contribution in [3.63, 3.8) is 0 Å². The van der Waals surface area contributed by atoms with Gasteiger partial charge in [0.25, 0.3) is 0 Å². The Kier molecular flexibility index (Phi) is 3.50. The van der Waals surface area contributed by atoms with Crippen LogP contribution in [0.4, 0.5) is 0 Å². The maximum atomic E-state index is 12.2. The lowest BCUT2D eigenvalue weighted by atomic mass is 9.46. The molecule has 24 heavy (non-hydrogen) atoms. The van der Waals surface area contributed by atoms with Gasteiger partial charge in [-0.3, -0.25) is 9.59 Å². The van der Waals surface area contributed by atoms with Gasteiger partial charge < -0.3 is 0 Å². The molecule has 2 fully saturated rings. The molecule has 0 N–H and O–H groups in total. The molecule has 7 atom stereocenters. The van der Waals surface area contributed by atoms with Crippen LogP contribution in [0.25, 0.3) is 0 Å². The molecule has 0 aliphatic heterocycles. The molecule has 4 aliphatic carbocycles. The van der Waals surface area contributed by atoms with Crippen molar-refractivity contribution in [3.8, 4) is 0 Å². The quantitative estimate of drug-likeness (QED) is 0.697. The zero-order valence-corrected chi connectivity index (χ0v) is 15.5. The third-order valence-corrected chi connectivity index (χ3v) is 8.56. The van der Waals surface area contributed by atoms with E-state index >= 15 is 0 Å². The Labute approximate surface area is 145 Å². The second-order valence-corrected chi connectivity index (χ2v) is 9.39. The van der Waals surface area contributed by atoms with E-state index in [2.05, 4.69) is 32.9 Å². The van der Waals surface area contributed by atoms with Crippen LogP contribution in [0.2, 0.25) is 0 Å². The van der Waals surface area contributed by atoms with Crippen molar-refractivity contribution < 1.29 is 9.59 Å². The van der Waals surface area contributed by atoms with Gasteiger partial charge in [-0.1, -0.05) is 32.9 Å². The van der Waals surface area contributed by atoms with Crippen molar-refractivity contribution in [2.75, 3.05) is 0 Å². The van der Waals surface area contributed by atoms with Crippen LogP contribution in [0, 0.1) is 40.4 Å². The van der Waals surface area contributed by atoms with E-state index in [9.17, 15) is 9.59 Å². The third-order valence-electron chi connectivity index (χ3n) is 8.56. The van der Waals surface area contributed by atoms with Crippen molar-refractivity contribution in [2.24, 2.45) is 40.4 Å². The van der Waals surface area contributed by atoms with Crippen LogP contribution in [-0.2, 0) is 9.59 Å². The summed E-state index contributed by atoms with van der Waals surface area (Å²) in [6.45, 7) is 8.83. The Bertz CT molecular complexity index is 657. The lowest BCUT2D eigenvalue weighted by molar-refractivity contribution is -0.127. The molecule has 0 aromatic carbocycles. The highest BCUT2D eigenvalue weighted by Gasteiger charge is 2.59. The van der Waals surface area contributed by atoms with E-state index in [0.29, 0.717) is 35.9 Å². The van der Waals surface area contributed by atoms with Crippen molar-refractivity contribution in [2.45, 2.75) is 59.8 Å². The van der Waals surface area contributed by atoms with Gasteiger partial charge in [0.05, 0.1) is 0 Å². The lowest BCUT2D eigenvalue weighted by Crippen LogP contribution is -2.51. The molecule has 0 aromatic heterocycles. The predicted molar refractivity (Wildman–Crippen MR) is 95.3 cm³/mol. The molecule has 0 spiro atoms. The third kappa shape index (κ3) is 1.95. The minimum absolute atomic E-state index is 0.128. The molecule has 0 saturated heterocycles. The van der Waals surface area contributed by atoms with Crippen LogP contribution < -0.4 is 0 Å². The first-order chi connectivity index (χ1) is 11.3. The van der Waals surface area contributed by atoms with E-state index in [4.69, 9.17) is 0 Å². The SMILES string of the molecule is CC(=O)[C@H]1CC[C@H]2[C@@H]3C=CC4=CC(=O)CC(C)[C@]4(C)[C@H]3CC[C@]12C. The number of carbonyl (C=O) groups excluding carboxylic acids is 2. The van der Waals surface area contributed by atoms with Gasteiger partial charge in [0.1, 0.15) is 5.78 Å². The summed E-state index contributed by atoms with van der Waals surface area (Å²) in [6.07, 6.45) is 11.9. The number of allylic oxidation sites excluding steroid dienone is 4. The maximum absolute atomic E-state index is 12.2. The van der Waals surface area contributed by atoms with Gasteiger partial charge in [-0.15, -0.1) is 0 Å². The summed E-state index contributed by atoms with van der Waals surface area (Å²) in [5.74, 6) is 3.18. The smallest absolute Gasteiger partial charge is 0.156 e. The molecule has 2 saturated carbocycles. The summed E-state index contributed by atoms with van der Waals surface area (Å²) in [6, 6.07) is 0. The minimum atomic E-state index is 0.128. The fraction of sp³-hybridized carbons (Fsp3) is 0.727. The number of carbonyl (C=O) groups is 2. The molecular formula is C22H30O2. The molecule has 2 heteroatoms. The number of hydrogen-bond acceptors (Lipinski definition) is 2. The molecule has 1 unspecified atom stereocenters. The molecule has 4 aliphatic rings. The van der Waals surface area contributed by atoms with Crippen LogP contribution in [0.1, 0.15) is 59.8 Å². The van der Waals surface area contributed by atoms with E-state index in [1.165, 1.54) is 24.8 Å². The van der Waals surface area contributed by atoms with Crippen LogP contribution >= 0.6 is 0 Å². The van der Waals surface area contributed by atoms with Gasteiger partial charge >= 0.3 is 0 Å². The maximum Gasteiger partial charge on any atom is 0.156 e. The van der Waals surface area contributed by atoms with E-state index in [1.807, 2.05) is 6.08 Å². The number of rotatable bonds is 1. The number of Topliss-reactive ketones (excluding diaryl/α,β-unsaturated/α-hetero) is 1. The Morgan fingerprint density at radius 3 is 2.62 bits per heavy atom. The molecule has 2 nitrogen and oxygen atoms in total. The Morgan fingerprint density at radius 2 is 1.92 bits per heavy atom. The molecular weight excluding hydrogens is 296 g/mol. The number of fused-ring (bicyclic) bond motifs is 5. The first kappa shape index (κ1) is 16.3. The van der Waals surface area contributed by atoms with Crippen LogP contribution in [0.3, 0.4) is 0 Å². The van der Waals surface area contributed by atoms with Gasteiger partial charge in [0.2, 0.25) is 0 Å². The van der Waals surface area contributed by atoms with Crippen LogP contribution in [0.5, 0.6) is 0 Å². The van der Waals surface area contributed by atoms with Crippen LogP contribution in [-0.4, -0.2) is 11.6 Å². The lowest BCUT2D eigenvalue weighted by Gasteiger charge is -2.57. The van der Waals surface area contributed by atoms with Gasteiger partial charge in [-0.25, -0.2) is 0 Å². The molecule has 0 heterocycles. The van der Waals surface area contributed by atoms with Gasteiger partial charge in [-0.05, 0) is 78.8 Å². The average molecular weight is 326 g/mol. The summed E-state index contributed by atoms with van der Waals surface area (Å²) >= 11 is 0. The molecule has 0 radical (unpaired) electrons. The number of ketones is 2. The summed E-state index contributed by atoms with van der Waals surface area (Å²) < 4.78 is 0. The monoisotopic (exact) mass is 326 g/mol. The second-order valence-electron chi connectivity index (χ2n) is 9.39. The zero-order valence-electron chi connectivity index (χ0n) is 15.5. The topological polar surface area (TPSA) is 34.1 Å². The Morgan fingerprint density at radius 1 is 1.17 bits per heavy atom. The number of hydrogen-bond donors (Lipinski definition) is 0. The molecule has 4 rings (SSSR count). The van der Waals surface area contributed by atoms with Crippen molar-refractivity contribution in [3.05, 3.63) is 23.8 Å². The molecule has 0 aromatic rings. The van der Waals surface area contributed by atoms with E-state index in [1.54, 1.807) is 6.92 Å². The Hall–Kier alpha value is -1.18. The first-order valence-electron chi connectivity index (χ1n) is 9.72. The van der Waals surface area contributed by atoms with E-state index < -0.39 is 0 Å². The first-order valence-corrected chi connectivity index (χ1v) is 9.72. The highest BCUT2D eigenvalue weighted by molar-refractivity contribution is 5.92. The van der Waals surface area contributed by atoms with E-state index in [-0.39, 0.29) is 22.5 Å². The molecule has 0 amide bonds. The van der Waals surface area contributed by atoms with Gasteiger partial charge in [0, 0.05) is 12.3 Å². The van der Waals surface area contributed by atoms with Gasteiger partial charge in [0.15, 0.2) is 5.78 Å². The normalized spacial score (nSPS) is 49.9. The minimum Gasteiger partial charge on any atom is -0.300 e. The summed E-state index contributed by atoms with van der Waals surface area (Å²) in [4.78, 5) is 24.2. The van der Waals surface area contributed by atoms with E-state index in [0.717, 1.165) is 6.42 Å². The summed E-state index contributed by atoms with van der Waals surface area (Å²) in [5, 5.41) is 0. The average Bonchev–Trinajstić information content (AvgIpc) is 2.86.